The third-order valence-electron chi connectivity index (χ3n) is 4.36. The highest BCUT2D eigenvalue weighted by Crippen LogP contribution is 2.36. The number of thiophene rings is 1. The van der Waals surface area contributed by atoms with Crippen LogP contribution in [-0.4, -0.2) is 43.6 Å². The van der Waals surface area contributed by atoms with Crippen LogP contribution in [0.2, 0.25) is 0 Å². The molecule has 2 heterocycles. The van der Waals surface area contributed by atoms with Gasteiger partial charge in [0.2, 0.25) is 0 Å². The van der Waals surface area contributed by atoms with Crippen LogP contribution in [0.25, 0.3) is 11.3 Å². The first-order chi connectivity index (χ1) is 16.5. The number of urea groups is 1. The predicted octanol–water partition coefficient (Wildman–Crippen LogP) is 3.17. The molecular formula is C23H23N3O7S. The normalized spacial score (nSPS) is 10.3. The minimum atomic E-state index is -0.793. The molecule has 0 saturated heterocycles. The van der Waals surface area contributed by atoms with Crippen LogP contribution in [0.5, 0.6) is 0 Å². The molecule has 0 aliphatic heterocycles. The van der Waals surface area contributed by atoms with Crippen molar-refractivity contribution in [1.82, 2.24) is 10.6 Å². The van der Waals surface area contributed by atoms with E-state index in [4.69, 9.17) is 13.9 Å². The molecule has 0 atom stereocenters. The summed E-state index contributed by atoms with van der Waals surface area (Å²) in [6.07, 6.45) is 1.47. The van der Waals surface area contributed by atoms with Crippen molar-refractivity contribution in [2.75, 3.05) is 25.1 Å². The number of hydrogen-bond donors (Lipinski definition) is 3. The number of hydrogen-bond acceptors (Lipinski definition) is 8. The van der Waals surface area contributed by atoms with E-state index in [-0.39, 0.29) is 17.2 Å². The Hall–Kier alpha value is -4.12. The van der Waals surface area contributed by atoms with Crippen molar-refractivity contribution in [2.24, 2.45) is 0 Å². The van der Waals surface area contributed by atoms with Gasteiger partial charge in [-0.3, -0.25) is 9.59 Å². The number of amides is 3. The Balaban J connectivity index is 1.47. The lowest BCUT2D eigenvalue weighted by Crippen LogP contribution is -2.39. The standard InChI is InChI=1S/C23H23N3O7S/c1-2-31-22(29)20-16(17-9-6-10-32-17)14-34-21(20)26-18(27)13-33-19(28)12-25-23(30)24-11-15-7-4-3-5-8-15/h3-10,14H,2,11-13H2,1H3,(H,26,27)(H2,24,25,30). The molecule has 178 valence electrons. The van der Waals surface area contributed by atoms with Crippen molar-refractivity contribution >= 4 is 40.2 Å². The number of benzene rings is 1. The summed E-state index contributed by atoms with van der Waals surface area (Å²) in [7, 11) is 0. The molecule has 11 heteroatoms. The highest BCUT2D eigenvalue weighted by molar-refractivity contribution is 7.15. The Bertz CT molecular complexity index is 1130. The molecule has 3 amide bonds. The fourth-order valence-corrected chi connectivity index (χ4v) is 3.78. The zero-order valence-electron chi connectivity index (χ0n) is 18.3. The summed E-state index contributed by atoms with van der Waals surface area (Å²) in [5, 5.41) is 9.41. The van der Waals surface area contributed by atoms with Crippen LogP contribution in [0.4, 0.5) is 9.80 Å². The van der Waals surface area contributed by atoms with E-state index in [9.17, 15) is 19.2 Å². The predicted molar refractivity (Wildman–Crippen MR) is 124 cm³/mol. The van der Waals surface area contributed by atoms with Crippen molar-refractivity contribution in [2.45, 2.75) is 13.5 Å². The van der Waals surface area contributed by atoms with Gasteiger partial charge >= 0.3 is 18.0 Å². The molecule has 1 aromatic carbocycles. The second-order valence-electron chi connectivity index (χ2n) is 6.78. The Labute approximate surface area is 199 Å². The van der Waals surface area contributed by atoms with E-state index in [1.165, 1.54) is 6.26 Å². The fourth-order valence-electron chi connectivity index (χ4n) is 2.82. The van der Waals surface area contributed by atoms with Crippen LogP contribution in [0, 0.1) is 0 Å². The van der Waals surface area contributed by atoms with E-state index in [1.807, 2.05) is 30.3 Å². The summed E-state index contributed by atoms with van der Waals surface area (Å²) in [4.78, 5) is 48.4. The average molecular weight is 486 g/mol. The van der Waals surface area contributed by atoms with Crippen LogP contribution in [0.1, 0.15) is 22.8 Å². The maximum absolute atomic E-state index is 12.4. The summed E-state index contributed by atoms with van der Waals surface area (Å²) in [6.45, 7) is 1.12. The molecule has 2 aromatic heterocycles. The zero-order chi connectivity index (χ0) is 24.3. The van der Waals surface area contributed by atoms with Gasteiger partial charge in [-0.25, -0.2) is 9.59 Å². The number of anilines is 1. The summed E-state index contributed by atoms with van der Waals surface area (Å²) in [6, 6.07) is 12.1. The van der Waals surface area contributed by atoms with E-state index >= 15 is 0 Å². The second-order valence-corrected chi connectivity index (χ2v) is 7.66. The Morgan fingerprint density at radius 1 is 1.00 bits per heavy atom. The lowest BCUT2D eigenvalue weighted by Gasteiger charge is -2.09. The highest BCUT2D eigenvalue weighted by Gasteiger charge is 2.24. The smallest absolute Gasteiger partial charge is 0.341 e. The number of rotatable bonds is 10. The summed E-state index contributed by atoms with van der Waals surface area (Å²) in [5.74, 6) is -1.62. The van der Waals surface area contributed by atoms with Gasteiger partial charge in [0.1, 0.15) is 22.9 Å². The van der Waals surface area contributed by atoms with Crippen LogP contribution < -0.4 is 16.0 Å². The SMILES string of the molecule is CCOC(=O)c1c(-c2ccco2)csc1NC(=O)COC(=O)CNC(=O)NCc1ccccc1. The number of nitrogens with one attached hydrogen (secondary N) is 3. The summed E-state index contributed by atoms with van der Waals surface area (Å²) < 4.78 is 15.3. The first kappa shape index (κ1) is 24.5. The van der Waals surface area contributed by atoms with Crippen molar-refractivity contribution in [3.8, 4) is 11.3 Å². The zero-order valence-corrected chi connectivity index (χ0v) is 19.1. The lowest BCUT2D eigenvalue weighted by molar-refractivity contribution is -0.146. The summed E-state index contributed by atoms with van der Waals surface area (Å²) >= 11 is 1.11. The Morgan fingerprint density at radius 2 is 1.79 bits per heavy atom. The van der Waals surface area contributed by atoms with Gasteiger partial charge in [0, 0.05) is 17.5 Å². The molecule has 3 N–H and O–H groups in total. The molecule has 0 unspecified atom stereocenters. The molecule has 0 radical (unpaired) electrons. The molecule has 10 nitrogen and oxygen atoms in total. The van der Waals surface area contributed by atoms with E-state index in [0.717, 1.165) is 16.9 Å². The van der Waals surface area contributed by atoms with Gasteiger partial charge in [-0.1, -0.05) is 30.3 Å². The fraction of sp³-hybridized carbons (Fsp3) is 0.217. The van der Waals surface area contributed by atoms with Gasteiger partial charge < -0.3 is 29.8 Å². The topological polar surface area (TPSA) is 136 Å². The van der Waals surface area contributed by atoms with Crippen molar-refractivity contribution in [1.29, 1.82) is 0 Å². The third-order valence-corrected chi connectivity index (χ3v) is 5.26. The molecule has 0 aliphatic carbocycles. The molecule has 34 heavy (non-hydrogen) atoms. The second kappa shape index (κ2) is 12.2. The number of carbonyl (C=O) groups is 4. The van der Waals surface area contributed by atoms with Gasteiger partial charge in [0.05, 0.1) is 12.9 Å². The number of carbonyl (C=O) groups excluding carboxylic acids is 4. The molecule has 0 bridgehead atoms. The molecule has 0 fully saturated rings. The third kappa shape index (κ3) is 6.94. The first-order valence-corrected chi connectivity index (χ1v) is 11.2. The minimum absolute atomic E-state index is 0.151. The van der Waals surface area contributed by atoms with Crippen LogP contribution >= 0.6 is 11.3 Å². The lowest BCUT2D eigenvalue weighted by atomic mass is 10.1. The molecule has 3 rings (SSSR count). The quantitative estimate of drug-likeness (QED) is 0.375. The minimum Gasteiger partial charge on any atom is -0.464 e. The van der Waals surface area contributed by atoms with E-state index in [0.29, 0.717) is 17.9 Å². The van der Waals surface area contributed by atoms with Crippen LogP contribution in [0.15, 0.2) is 58.5 Å². The van der Waals surface area contributed by atoms with Gasteiger partial charge in [0.25, 0.3) is 5.91 Å². The first-order valence-electron chi connectivity index (χ1n) is 10.3. The van der Waals surface area contributed by atoms with Gasteiger partial charge in [-0.2, -0.15) is 0 Å². The average Bonchev–Trinajstić information content (AvgIpc) is 3.51. The van der Waals surface area contributed by atoms with Gasteiger partial charge in [-0.05, 0) is 24.6 Å². The van der Waals surface area contributed by atoms with Crippen molar-refractivity contribution in [3.63, 3.8) is 0 Å². The highest BCUT2D eigenvalue weighted by atomic mass is 32.1. The monoisotopic (exact) mass is 485 g/mol. The maximum Gasteiger partial charge on any atom is 0.341 e. The van der Waals surface area contributed by atoms with Crippen LogP contribution in [0.3, 0.4) is 0 Å². The molecule has 0 aliphatic rings. The summed E-state index contributed by atoms with van der Waals surface area (Å²) in [5.41, 5.74) is 1.53. The molecule has 0 saturated carbocycles. The van der Waals surface area contributed by atoms with Crippen molar-refractivity contribution in [3.05, 3.63) is 65.2 Å². The van der Waals surface area contributed by atoms with E-state index < -0.39 is 37.0 Å². The van der Waals surface area contributed by atoms with Gasteiger partial charge in [0.15, 0.2) is 6.61 Å². The maximum atomic E-state index is 12.4. The number of ether oxygens (including phenoxy) is 2. The largest absolute Gasteiger partial charge is 0.464 e. The van der Waals surface area contributed by atoms with E-state index in [2.05, 4.69) is 16.0 Å². The van der Waals surface area contributed by atoms with E-state index in [1.54, 1.807) is 24.4 Å². The molecule has 3 aromatic rings. The van der Waals surface area contributed by atoms with Crippen molar-refractivity contribution < 1.29 is 33.1 Å². The number of esters is 2. The Kier molecular flexibility index (Phi) is 8.81. The Morgan fingerprint density at radius 3 is 2.50 bits per heavy atom. The molecular weight excluding hydrogens is 462 g/mol. The number of furan rings is 1. The van der Waals surface area contributed by atoms with Crippen LogP contribution in [-0.2, 0) is 25.6 Å². The molecule has 0 spiro atoms. The van der Waals surface area contributed by atoms with Gasteiger partial charge in [-0.15, -0.1) is 11.3 Å².